The summed E-state index contributed by atoms with van der Waals surface area (Å²) in [4.78, 5) is 25.1. The molecule has 1 aromatic rings. The summed E-state index contributed by atoms with van der Waals surface area (Å²) >= 11 is 0. The molecule has 2 rings (SSSR count). The zero-order chi connectivity index (χ0) is 15.6. The second kappa shape index (κ2) is 5.69. The number of amides is 2. The van der Waals surface area contributed by atoms with Crippen LogP contribution in [0.15, 0.2) is 18.2 Å². The molecular weight excluding hydrogens is 275 g/mol. The van der Waals surface area contributed by atoms with Crippen LogP contribution in [-0.2, 0) is 9.59 Å². The average molecular weight is 294 g/mol. The van der Waals surface area contributed by atoms with E-state index in [-0.39, 0.29) is 24.0 Å². The van der Waals surface area contributed by atoms with Gasteiger partial charge in [0.2, 0.25) is 11.8 Å². The highest BCUT2D eigenvalue weighted by Gasteiger charge is 2.39. The summed E-state index contributed by atoms with van der Waals surface area (Å²) in [6.45, 7) is 2.89. The number of hydrogen-bond acceptors (Lipinski definition) is 4. The average Bonchev–Trinajstić information content (AvgIpc) is 2.77. The fourth-order valence-corrected chi connectivity index (χ4v) is 2.42. The standard InChI is InChI=1S/C14H19FN4O2/c1-14(13(17)21)4-5-19(8-14)7-12(20)18-11-6-9(16)2-3-10(11)15/h2-3,6H,4-5,7-8,16H2,1H3,(H2,17,21)(H,18,20). The summed E-state index contributed by atoms with van der Waals surface area (Å²) in [6, 6.07) is 3.99. The van der Waals surface area contributed by atoms with Crippen LogP contribution in [0.1, 0.15) is 13.3 Å². The number of carbonyl (C=O) groups is 2. The van der Waals surface area contributed by atoms with Gasteiger partial charge in [0.05, 0.1) is 17.6 Å². The third kappa shape index (κ3) is 3.49. The van der Waals surface area contributed by atoms with Crippen molar-refractivity contribution in [2.24, 2.45) is 11.1 Å². The van der Waals surface area contributed by atoms with Crippen molar-refractivity contribution in [3.8, 4) is 0 Å². The van der Waals surface area contributed by atoms with Crippen LogP contribution < -0.4 is 16.8 Å². The van der Waals surface area contributed by atoms with E-state index in [0.717, 1.165) is 0 Å². The number of anilines is 2. The largest absolute Gasteiger partial charge is 0.399 e. The predicted molar refractivity (Wildman–Crippen MR) is 77.8 cm³/mol. The molecule has 0 bridgehead atoms. The molecule has 6 nitrogen and oxygen atoms in total. The van der Waals surface area contributed by atoms with E-state index in [0.29, 0.717) is 25.2 Å². The van der Waals surface area contributed by atoms with E-state index in [1.165, 1.54) is 18.2 Å². The number of likely N-dealkylation sites (tertiary alicyclic amines) is 1. The van der Waals surface area contributed by atoms with E-state index in [4.69, 9.17) is 11.5 Å². The van der Waals surface area contributed by atoms with Crippen molar-refractivity contribution in [1.29, 1.82) is 0 Å². The smallest absolute Gasteiger partial charge is 0.238 e. The SMILES string of the molecule is CC1(C(N)=O)CCN(CC(=O)Nc2cc(N)ccc2F)C1. The first-order valence-electron chi connectivity index (χ1n) is 6.67. The highest BCUT2D eigenvalue weighted by molar-refractivity contribution is 5.93. The van der Waals surface area contributed by atoms with Gasteiger partial charge in [0.1, 0.15) is 5.82 Å². The Labute approximate surface area is 122 Å². The van der Waals surface area contributed by atoms with E-state index >= 15 is 0 Å². The number of nitrogens with two attached hydrogens (primary N) is 2. The number of carbonyl (C=O) groups excluding carboxylic acids is 2. The minimum atomic E-state index is -0.608. The van der Waals surface area contributed by atoms with Crippen molar-refractivity contribution in [1.82, 2.24) is 4.90 Å². The van der Waals surface area contributed by atoms with Crippen molar-refractivity contribution in [3.05, 3.63) is 24.0 Å². The molecular formula is C14H19FN4O2. The second-order valence-corrected chi connectivity index (χ2v) is 5.67. The Morgan fingerprint density at radius 2 is 2.19 bits per heavy atom. The molecule has 1 heterocycles. The Kier molecular flexibility index (Phi) is 4.13. The molecule has 114 valence electrons. The molecule has 1 atom stereocenters. The molecule has 0 spiro atoms. The fourth-order valence-electron chi connectivity index (χ4n) is 2.42. The monoisotopic (exact) mass is 294 g/mol. The van der Waals surface area contributed by atoms with Crippen molar-refractivity contribution in [3.63, 3.8) is 0 Å². The van der Waals surface area contributed by atoms with E-state index < -0.39 is 11.2 Å². The van der Waals surface area contributed by atoms with Crippen LogP contribution in [0.4, 0.5) is 15.8 Å². The van der Waals surface area contributed by atoms with Crippen LogP contribution >= 0.6 is 0 Å². The fraction of sp³-hybridized carbons (Fsp3) is 0.429. The summed E-state index contributed by atoms with van der Waals surface area (Å²) in [5.74, 6) is -1.26. The quantitative estimate of drug-likeness (QED) is 0.705. The lowest BCUT2D eigenvalue weighted by Crippen LogP contribution is -2.39. The Morgan fingerprint density at radius 1 is 1.48 bits per heavy atom. The number of nitrogen functional groups attached to an aromatic ring is 1. The van der Waals surface area contributed by atoms with Gasteiger partial charge >= 0.3 is 0 Å². The molecule has 0 aliphatic carbocycles. The number of hydrogen-bond donors (Lipinski definition) is 3. The van der Waals surface area contributed by atoms with Crippen molar-refractivity contribution < 1.29 is 14.0 Å². The van der Waals surface area contributed by atoms with Gasteiger partial charge in [-0.05, 0) is 38.1 Å². The number of halogens is 1. The van der Waals surface area contributed by atoms with E-state index in [1.807, 2.05) is 4.90 Å². The molecule has 7 heteroatoms. The molecule has 21 heavy (non-hydrogen) atoms. The van der Waals surface area contributed by atoms with Crippen LogP contribution in [0, 0.1) is 11.2 Å². The third-order valence-electron chi connectivity index (χ3n) is 3.78. The second-order valence-electron chi connectivity index (χ2n) is 5.67. The van der Waals surface area contributed by atoms with E-state index in [2.05, 4.69) is 5.32 Å². The highest BCUT2D eigenvalue weighted by atomic mass is 19.1. The van der Waals surface area contributed by atoms with Gasteiger partial charge in [-0.3, -0.25) is 14.5 Å². The highest BCUT2D eigenvalue weighted by Crippen LogP contribution is 2.29. The maximum Gasteiger partial charge on any atom is 0.238 e. The topological polar surface area (TPSA) is 101 Å². The van der Waals surface area contributed by atoms with E-state index in [9.17, 15) is 14.0 Å². The van der Waals surface area contributed by atoms with Gasteiger partial charge in [0.25, 0.3) is 0 Å². The van der Waals surface area contributed by atoms with Gasteiger partial charge in [-0.25, -0.2) is 4.39 Å². The first-order valence-corrected chi connectivity index (χ1v) is 6.67. The predicted octanol–water partition coefficient (Wildman–Crippen LogP) is 0.544. The van der Waals surface area contributed by atoms with Crippen molar-refractivity contribution >= 4 is 23.2 Å². The maximum atomic E-state index is 13.5. The van der Waals surface area contributed by atoms with Gasteiger partial charge < -0.3 is 16.8 Å². The summed E-state index contributed by atoms with van der Waals surface area (Å²) in [6.07, 6.45) is 0.613. The molecule has 5 N–H and O–H groups in total. The van der Waals surface area contributed by atoms with Crippen LogP contribution in [-0.4, -0.2) is 36.3 Å². The normalized spacial score (nSPS) is 22.2. The molecule has 1 aliphatic heterocycles. The first-order chi connectivity index (χ1) is 9.80. The zero-order valence-electron chi connectivity index (χ0n) is 11.9. The molecule has 1 saturated heterocycles. The van der Waals surface area contributed by atoms with Gasteiger partial charge in [-0.2, -0.15) is 0 Å². The lowest BCUT2D eigenvalue weighted by molar-refractivity contribution is -0.126. The van der Waals surface area contributed by atoms with Crippen LogP contribution in [0.2, 0.25) is 0 Å². The van der Waals surface area contributed by atoms with Gasteiger partial charge in [-0.1, -0.05) is 0 Å². The van der Waals surface area contributed by atoms with Gasteiger partial charge in [-0.15, -0.1) is 0 Å². The maximum absolute atomic E-state index is 13.5. The minimum absolute atomic E-state index is 0.0526. The molecule has 0 saturated carbocycles. The number of nitrogens with one attached hydrogen (secondary N) is 1. The Balaban J connectivity index is 1.94. The lowest BCUT2D eigenvalue weighted by Gasteiger charge is -2.20. The van der Waals surface area contributed by atoms with Gasteiger partial charge in [0.15, 0.2) is 0 Å². The Bertz CT molecular complexity index is 578. The molecule has 0 radical (unpaired) electrons. The van der Waals surface area contributed by atoms with E-state index in [1.54, 1.807) is 6.92 Å². The zero-order valence-corrected chi connectivity index (χ0v) is 11.9. The summed E-state index contributed by atoms with van der Waals surface area (Å²) in [7, 11) is 0. The molecule has 1 aromatic carbocycles. The molecule has 1 fully saturated rings. The summed E-state index contributed by atoms with van der Waals surface area (Å²) in [5.41, 5.74) is 10.7. The third-order valence-corrected chi connectivity index (χ3v) is 3.78. The summed E-state index contributed by atoms with van der Waals surface area (Å²) < 4.78 is 13.5. The number of rotatable bonds is 4. The van der Waals surface area contributed by atoms with Crippen LogP contribution in [0.5, 0.6) is 0 Å². The lowest BCUT2D eigenvalue weighted by atomic mass is 9.89. The molecule has 1 unspecified atom stereocenters. The van der Waals surface area contributed by atoms with Crippen molar-refractivity contribution in [2.75, 3.05) is 30.7 Å². The Hall–Kier alpha value is -2.15. The summed E-state index contributed by atoms with van der Waals surface area (Å²) in [5, 5.41) is 2.48. The molecule has 1 aliphatic rings. The number of primary amides is 1. The minimum Gasteiger partial charge on any atom is -0.399 e. The van der Waals surface area contributed by atoms with Gasteiger partial charge in [0, 0.05) is 12.2 Å². The molecule has 2 amide bonds. The van der Waals surface area contributed by atoms with Crippen LogP contribution in [0.3, 0.4) is 0 Å². The van der Waals surface area contributed by atoms with Crippen molar-refractivity contribution in [2.45, 2.75) is 13.3 Å². The first kappa shape index (κ1) is 15.2. The number of benzene rings is 1. The Morgan fingerprint density at radius 3 is 2.81 bits per heavy atom. The number of nitrogens with zero attached hydrogens (tertiary/aromatic N) is 1. The van der Waals surface area contributed by atoms with Crippen LogP contribution in [0.25, 0.3) is 0 Å². The molecule has 0 aromatic heterocycles.